The van der Waals surface area contributed by atoms with Gasteiger partial charge in [0.15, 0.2) is 5.89 Å². The molecular weight excluding hydrogens is 306 g/mol. The van der Waals surface area contributed by atoms with Gasteiger partial charge in [0, 0.05) is 19.3 Å². The fraction of sp³-hybridized carbons (Fsp3) is 0.667. The van der Waals surface area contributed by atoms with E-state index in [9.17, 15) is 13.9 Å². The Morgan fingerprint density at radius 1 is 1.30 bits per heavy atom. The van der Waals surface area contributed by atoms with E-state index in [1.54, 1.807) is 6.20 Å². The molecule has 0 radical (unpaired) electrons. The van der Waals surface area contributed by atoms with Crippen LogP contribution in [0.1, 0.15) is 55.6 Å². The molecule has 2 heterocycles. The summed E-state index contributed by atoms with van der Waals surface area (Å²) < 4.78 is 33.7. The topological polar surface area (TPSA) is 77.0 Å². The van der Waals surface area contributed by atoms with E-state index >= 15 is 0 Å². The average Bonchev–Trinajstić information content (AvgIpc) is 3.11. The third kappa shape index (κ3) is 3.26. The van der Waals surface area contributed by atoms with Crippen molar-refractivity contribution in [2.45, 2.75) is 64.0 Å². The fourth-order valence-electron chi connectivity index (χ4n) is 2.81. The number of hydrogen-bond donors (Lipinski definition) is 1. The van der Waals surface area contributed by atoms with E-state index in [1.165, 1.54) is 4.68 Å². The van der Waals surface area contributed by atoms with Gasteiger partial charge >= 0.3 is 0 Å². The van der Waals surface area contributed by atoms with E-state index in [1.807, 2.05) is 13.8 Å². The normalized spacial score (nSPS) is 19.9. The monoisotopic (exact) mass is 326 g/mol. The molecule has 2 aromatic heterocycles. The lowest BCUT2D eigenvalue weighted by Gasteiger charge is -2.34. The number of aromatic nitrogens is 4. The van der Waals surface area contributed by atoms with E-state index in [-0.39, 0.29) is 25.7 Å². The molecule has 1 aliphatic rings. The molecule has 0 amide bonds. The van der Waals surface area contributed by atoms with Crippen LogP contribution in [0.2, 0.25) is 0 Å². The summed E-state index contributed by atoms with van der Waals surface area (Å²) in [5.41, 5.74) is -0.207. The number of hydrogen-bond acceptors (Lipinski definition) is 5. The summed E-state index contributed by atoms with van der Waals surface area (Å²) in [5, 5.41) is 18.5. The van der Waals surface area contributed by atoms with Gasteiger partial charge in [0.1, 0.15) is 23.6 Å². The van der Waals surface area contributed by atoms with Crippen LogP contribution in [0.4, 0.5) is 8.78 Å². The number of oxazole rings is 1. The van der Waals surface area contributed by atoms with Crippen molar-refractivity contribution in [3.05, 3.63) is 29.2 Å². The van der Waals surface area contributed by atoms with Crippen LogP contribution in [0.3, 0.4) is 0 Å². The minimum Gasteiger partial charge on any atom is -0.443 e. The van der Waals surface area contributed by atoms with Crippen molar-refractivity contribution in [3.8, 4) is 0 Å². The highest BCUT2D eigenvalue weighted by Crippen LogP contribution is 2.42. The molecule has 0 aliphatic heterocycles. The maximum absolute atomic E-state index is 13.3. The minimum absolute atomic E-state index is 0.0139. The van der Waals surface area contributed by atoms with Crippen molar-refractivity contribution in [2.24, 2.45) is 0 Å². The molecule has 6 nitrogen and oxygen atoms in total. The zero-order valence-electron chi connectivity index (χ0n) is 13.2. The second-order valence-corrected chi connectivity index (χ2v) is 6.16. The first-order chi connectivity index (χ1) is 10.8. The van der Waals surface area contributed by atoms with E-state index < -0.39 is 11.5 Å². The highest BCUT2D eigenvalue weighted by molar-refractivity contribution is 5.12. The van der Waals surface area contributed by atoms with Crippen molar-refractivity contribution in [1.29, 1.82) is 0 Å². The molecule has 1 fully saturated rings. The highest BCUT2D eigenvalue weighted by atomic mass is 19.3. The lowest BCUT2D eigenvalue weighted by atomic mass is 9.81. The van der Waals surface area contributed by atoms with E-state index in [4.69, 9.17) is 4.42 Å². The van der Waals surface area contributed by atoms with Crippen molar-refractivity contribution in [2.75, 3.05) is 0 Å². The van der Waals surface area contributed by atoms with Gasteiger partial charge in [-0.05, 0) is 19.8 Å². The average molecular weight is 326 g/mol. The predicted octanol–water partition coefficient (Wildman–Crippen LogP) is 2.58. The smallest absolute Gasteiger partial charge is 0.248 e. The SMILES string of the molecule is CCc1nc(C)c(Cn2cc(C3(O)CCC(F)(F)CC3)nn2)o1. The predicted molar refractivity (Wildman–Crippen MR) is 77.1 cm³/mol. The van der Waals surface area contributed by atoms with Crippen LogP contribution >= 0.6 is 0 Å². The molecule has 1 aliphatic carbocycles. The Morgan fingerprint density at radius 3 is 2.61 bits per heavy atom. The van der Waals surface area contributed by atoms with Gasteiger partial charge in [0.05, 0.1) is 11.9 Å². The summed E-state index contributed by atoms with van der Waals surface area (Å²) in [7, 11) is 0. The number of rotatable bonds is 4. The molecule has 0 bridgehead atoms. The van der Waals surface area contributed by atoms with Crippen LogP contribution in [0.5, 0.6) is 0 Å². The number of alkyl halides is 2. The van der Waals surface area contributed by atoms with Crippen LogP contribution in [-0.4, -0.2) is 31.0 Å². The third-order valence-electron chi connectivity index (χ3n) is 4.37. The minimum atomic E-state index is -2.70. The van der Waals surface area contributed by atoms with Gasteiger partial charge in [-0.1, -0.05) is 12.1 Å². The van der Waals surface area contributed by atoms with Gasteiger partial charge in [-0.25, -0.2) is 18.4 Å². The summed E-state index contributed by atoms with van der Waals surface area (Å²) in [6.07, 6.45) is 1.60. The van der Waals surface area contributed by atoms with Crippen LogP contribution < -0.4 is 0 Å². The van der Waals surface area contributed by atoms with Crippen LogP contribution in [-0.2, 0) is 18.6 Å². The van der Waals surface area contributed by atoms with E-state index in [2.05, 4.69) is 15.3 Å². The van der Waals surface area contributed by atoms with Crippen molar-refractivity contribution >= 4 is 0 Å². The first kappa shape index (κ1) is 16.0. The lowest BCUT2D eigenvalue weighted by Crippen LogP contribution is -2.36. The number of nitrogens with zero attached hydrogens (tertiary/aromatic N) is 4. The molecule has 2 aromatic rings. The zero-order chi connectivity index (χ0) is 16.7. The second-order valence-electron chi connectivity index (χ2n) is 6.16. The first-order valence-corrected chi connectivity index (χ1v) is 7.77. The van der Waals surface area contributed by atoms with Gasteiger partial charge in [-0.3, -0.25) is 0 Å². The van der Waals surface area contributed by atoms with E-state index in [0.717, 1.165) is 5.69 Å². The summed E-state index contributed by atoms with van der Waals surface area (Å²) in [5.74, 6) is -1.36. The molecule has 0 saturated heterocycles. The Balaban J connectivity index is 1.74. The van der Waals surface area contributed by atoms with E-state index in [0.29, 0.717) is 30.3 Å². The van der Waals surface area contributed by atoms with Crippen LogP contribution in [0, 0.1) is 6.92 Å². The van der Waals surface area contributed by atoms with Crippen molar-refractivity contribution < 1.29 is 18.3 Å². The highest BCUT2D eigenvalue weighted by Gasteiger charge is 2.44. The molecule has 0 atom stereocenters. The molecule has 1 N–H and O–H groups in total. The number of aryl methyl sites for hydroxylation is 2. The molecule has 0 unspecified atom stereocenters. The molecule has 8 heteroatoms. The first-order valence-electron chi connectivity index (χ1n) is 7.77. The Kier molecular flexibility index (Phi) is 3.95. The summed E-state index contributed by atoms with van der Waals surface area (Å²) >= 11 is 0. The maximum Gasteiger partial charge on any atom is 0.248 e. The molecule has 3 rings (SSSR count). The van der Waals surface area contributed by atoms with Crippen LogP contribution in [0.25, 0.3) is 0 Å². The Hall–Kier alpha value is -1.83. The third-order valence-corrected chi connectivity index (χ3v) is 4.37. The standard InChI is InChI=1S/C15H20F2N4O2/c1-3-13-18-10(2)11(23-13)8-21-9-12(19-20-21)14(22)4-6-15(16,17)7-5-14/h9,22H,3-8H2,1-2H3. The fourth-order valence-corrected chi connectivity index (χ4v) is 2.81. The van der Waals surface area contributed by atoms with Gasteiger partial charge in [0.25, 0.3) is 0 Å². The quantitative estimate of drug-likeness (QED) is 0.934. The largest absolute Gasteiger partial charge is 0.443 e. The Bertz CT molecular complexity index is 685. The van der Waals surface area contributed by atoms with Gasteiger partial charge in [0.2, 0.25) is 5.92 Å². The molecule has 23 heavy (non-hydrogen) atoms. The molecule has 126 valence electrons. The van der Waals surface area contributed by atoms with Gasteiger partial charge in [-0.15, -0.1) is 5.10 Å². The summed E-state index contributed by atoms with van der Waals surface area (Å²) in [6, 6.07) is 0. The Labute approximate surface area is 132 Å². The van der Waals surface area contributed by atoms with Gasteiger partial charge < -0.3 is 9.52 Å². The summed E-state index contributed by atoms with van der Waals surface area (Å²) in [4.78, 5) is 4.29. The Morgan fingerprint density at radius 2 is 2.00 bits per heavy atom. The van der Waals surface area contributed by atoms with Crippen LogP contribution in [0.15, 0.2) is 10.6 Å². The lowest BCUT2D eigenvalue weighted by molar-refractivity contribution is -0.108. The molecular formula is C15H20F2N4O2. The molecule has 0 spiro atoms. The summed E-state index contributed by atoms with van der Waals surface area (Å²) in [6.45, 7) is 4.15. The molecule has 0 aromatic carbocycles. The van der Waals surface area contributed by atoms with Gasteiger partial charge in [-0.2, -0.15) is 0 Å². The van der Waals surface area contributed by atoms with Crippen molar-refractivity contribution in [3.63, 3.8) is 0 Å². The molecule has 1 saturated carbocycles. The number of aliphatic hydroxyl groups is 1. The van der Waals surface area contributed by atoms with Crippen molar-refractivity contribution in [1.82, 2.24) is 20.0 Å². The maximum atomic E-state index is 13.3. The zero-order valence-corrected chi connectivity index (χ0v) is 13.2. The second kappa shape index (κ2) is 5.67. The number of halogens is 2.